The molecule has 1 aromatic carbocycles. The number of fused-ring (bicyclic) bond motifs is 2. The topological polar surface area (TPSA) is 61.9 Å². The highest BCUT2D eigenvalue weighted by molar-refractivity contribution is 6.32. The lowest BCUT2D eigenvalue weighted by Gasteiger charge is -2.27. The van der Waals surface area contributed by atoms with Crippen molar-refractivity contribution < 1.29 is 9.18 Å². The third kappa shape index (κ3) is 2.34. The molecule has 2 aromatic heterocycles. The van der Waals surface area contributed by atoms with Crippen LogP contribution >= 0.6 is 11.6 Å². The summed E-state index contributed by atoms with van der Waals surface area (Å²) < 4.78 is 14.0. The van der Waals surface area contributed by atoms with Crippen LogP contribution in [0.2, 0.25) is 5.02 Å². The van der Waals surface area contributed by atoms with Gasteiger partial charge >= 0.3 is 0 Å². The molecular weight excluding hydrogens is 331 g/mol. The van der Waals surface area contributed by atoms with Crippen LogP contribution in [-0.2, 0) is 13.0 Å². The summed E-state index contributed by atoms with van der Waals surface area (Å²) in [5.74, 6) is -0.665. The Hall–Kier alpha value is -2.47. The number of halogens is 2. The first kappa shape index (κ1) is 15.1. The lowest BCUT2D eigenvalue weighted by molar-refractivity contribution is 0.0722. The molecule has 1 N–H and O–H groups in total. The average molecular weight is 345 g/mol. The molecule has 3 heterocycles. The number of nitrogens with zero attached hydrogens (tertiary/aromatic N) is 3. The van der Waals surface area contributed by atoms with E-state index in [1.165, 1.54) is 6.07 Å². The van der Waals surface area contributed by atoms with Gasteiger partial charge in [0.25, 0.3) is 5.91 Å². The van der Waals surface area contributed by atoms with E-state index in [2.05, 4.69) is 15.0 Å². The lowest BCUT2D eigenvalue weighted by atomic mass is 10.1. The predicted molar refractivity (Wildman–Crippen MR) is 88.5 cm³/mol. The van der Waals surface area contributed by atoms with E-state index in [4.69, 9.17) is 11.6 Å². The summed E-state index contributed by atoms with van der Waals surface area (Å²) in [5.41, 5.74) is 3.31. The highest BCUT2D eigenvalue weighted by Crippen LogP contribution is 2.27. The number of aromatic nitrogens is 3. The Morgan fingerprint density at radius 1 is 1.46 bits per heavy atom. The molecule has 5 nitrogen and oxygen atoms in total. The first-order valence-corrected chi connectivity index (χ1v) is 7.98. The summed E-state index contributed by atoms with van der Waals surface area (Å²) >= 11 is 6.00. The molecule has 1 aliphatic rings. The van der Waals surface area contributed by atoms with E-state index >= 15 is 0 Å². The van der Waals surface area contributed by atoms with Crippen LogP contribution in [0.15, 0.2) is 24.4 Å². The predicted octanol–water partition coefficient (Wildman–Crippen LogP) is 3.26. The summed E-state index contributed by atoms with van der Waals surface area (Å²) in [6, 6.07) is 5.04. The maximum Gasteiger partial charge on any atom is 0.289 e. The second-order valence-corrected chi connectivity index (χ2v) is 6.27. The van der Waals surface area contributed by atoms with E-state index in [1.807, 2.05) is 12.1 Å². The molecule has 0 aliphatic carbocycles. The normalized spacial score (nSPS) is 14.0. The SMILES string of the molecule is Cc1c(Cl)cc(F)c2nc(C(=O)N3CCc4ncccc4C3)[nH]c12. The number of imidazole rings is 1. The molecule has 0 spiro atoms. The number of hydrogen-bond donors (Lipinski definition) is 1. The molecule has 24 heavy (non-hydrogen) atoms. The minimum absolute atomic E-state index is 0.126. The maximum atomic E-state index is 14.0. The number of benzene rings is 1. The maximum absolute atomic E-state index is 14.0. The second kappa shape index (κ2) is 5.56. The van der Waals surface area contributed by atoms with Crippen LogP contribution in [0.5, 0.6) is 0 Å². The van der Waals surface area contributed by atoms with Gasteiger partial charge < -0.3 is 9.88 Å². The molecule has 1 amide bonds. The third-order valence-corrected chi connectivity index (χ3v) is 4.76. The Bertz CT molecular complexity index is 969. The molecule has 4 rings (SSSR count). The molecule has 7 heteroatoms. The number of H-pyrrole nitrogens is 1. The Kier molecular flexibility index (Phi) is 3.49. The molecule has 0 bridgehead atoms. The summed E-state index contributed by atoms with van der Waals surface area (Å²) in [6.07, 6.45) is 2.45. The van der Waals surface area contributed by atoms with Gasteiger partial charge in [-0.15, -0.1) is 0 Å². The van der Waals surface area contributed by atoms with Crippen molar-refractivity contribution in [3.05, 3.63) is 57.9 Å². The Labute approximate surface area is 142 Å². The number of aromatic amines is 1. The van der Waals surface area contributed by atoms with Gasteiger partial charge in [-0.05, 0) is 30.2 Å². The highest BCUT2D eigenvalue weighted by Gasteiger charge is 2.25. The molecular formula is C17H14ClFN4O. The van der Waals surface area contributed by atoms with Crippen LogP contribution in [0.4, 0.5) is 4.39 Å². The van der Waals surface area contributed by atoms with Crippen molar-refractivity contribution in [3.63, 3.8) is 0 Å². The van der Waals surface area contributed by atoms with E-state index < -0.39 is 5.82 Å². The van der Waals surface area contributed by atoms with Crippen molar-refractivity contribution in [3.8, 4) is 0 Å². The van der Waals surface area contributed by atoms with E-state index in [-0.39, 0.29) is 17.2 Å². The number of hydrogen-bond acceptors (Lipinski definition) is 3. The number of carbonyl (C=O) groups is 1. The zero-order valence-corrected chi connectivity index (χ0v) is 13.7. The van der Waals surface area contributed by atoms with Gasteiger partial charge in [-0.3, -0.25) is 9.78 Å². The monoisotopic (exact) mass is 344 g/mol. The summed E-state index contributed by atoms with van der Waals surface area (Å²) in [7, 11) is 0. The first-order valence-electron chi connectivity index (χ1n) is 7.61. The quantitative estimate of drug-likeness (QED) is 0.737. The minimum atomic E-state index is -0.538. The van der Waals surface area contributed by atoms with Crippen LogP contribution < -0.4 is 0 Å². The Morgan fingerprint density at radius 2 is 2.29 bits per heavy atom. The molecule has 3 aromatic rings. The van der Waals surface area contributed by atoms with E-state index in [9.17, 15) is 9.18 Å². The number of nitrogens with one attached hydrogen (secondary N) is 1. The summed E-state index contributed by atoms with van der Waals surface area (Å²) in [6.45, 7) is 2.79. The zero-order chi connectivity index (χ0) is 16.8. The van der Waals surface area contributed by atoms with E-state index in [0.29, 0.717) is 35.6 Å². The Morgan fingerprint density at radius 3 is 3.12 bits per heavy atom. The van der Waals surface area contributed by atoms with E-state index in [1.54, 1.807) is 18.0 Å². The van der Waals surface area contributed by atoms with Gasteiger partial charge in [-0.2, -0.15) is 0 Å². The number of carbonyl (C=O) groups excluding carboxylic acids is 1. The van der Waals surface area contributed by atoms with Gasteiger partial charge in [0, 0.05) is 36.4 Å². The van der Waals surface area contributed by atoms with Gasteiger partial charge in [0.05, 0.1) is 5.52 Å². The van der Waals surface area contributed by atoms with Crippen LogP contribution in [0.25, 0.3) is 11.0 Å². The third-order valence-electron chi connectivity index (χ3n) is 4.37. The number of amides is 1. The molecule has 122 valence electrons. The van der Waals surface area contributed by atoms with Crippen molar-refractivity contribution in [2.45, 2.75) is 19.9 Å². The molecule has 1 aliphatic heterocycles. The number of aryl methyl sites for hydroxylation is 1. The fourth-order valence-corrected chi connectivity index (χ4v) is 3.21. The largest absolute Gasteiger partial charge is 0.333 e. The second-order valence-electron chi connectivity index (χ2n) is 5.86. The van der Waals surface area contributed by atoms with Crippen molar-refractivity contribution in [2.75, 3.05) is 6.54 Å². The standard InChI is InChI=1S/C17H14ClFN4O/c1-9-11(18)7-12(19)15-14(9)21-16(22-15)17(24)23-6-4-13-10(8-23)3-2-5-20-13/h2-3,5,7H,4,6,8H2,1H3,(H,21,22). The average Bonchev–Trinajstić information content (AvgIpc) is 3.05. The van der Waals surface area contributed by atoms with Crippen molar-refractivity contribution >= 4 is 28.5 Å². The van der Waals surface area contributed by atoms with Crippen LogP contribution in [0.1, 0.15) is 27.4 Å². The van der Waals surface area contributed by atoms with Crippen molar-refractivity contribution in [1.29, 1.82) is 0 Å². The van der Waals surface area contributed by atoms with Crippen LogP contribution in [-0.4, -0.2) is 32.3 Å². The number of rotatable bonds is 1. The lowest BCUT2D eigenvalue weighted by Crippen LogP contribution is -2.36. The van der Waals surface area contributed by atoms with Crippen molar-refractivity contribution in [2.24, 2.45) is 0 Å². The highest BCUT2D eigenvalue weighted by atomic mass is 35.5. The Balaban J connectivity index is 1.70. The van der Waals surface area contributed by atoms with Gasteiger partial charge in [0.15, 0.2) is 11.6 Å². The number of pyridine rings is 1. The van der Waals surface area contributed by atoms with Gasteiger partial charge in [-0.1, -0.05) is 17.7 Å². The van der Waals surface area contributed by atoms with Gasteiger partial charge in [-0.25, -0.2) is 9.37 Å². The minimum Gasteiger partial charge on any atom is -0.333 e. The molecule has 0 saturated carbocycles. The van der Waals surface area contributed by atoms with Crippen LogP contribution in [0.3, 0.4) is 0 Å². The zero-order valence-electron chi connectivity index (χ0n) is 12.9. The summed E-state index contributed by atoms with van der Waals surface area (Å²) in [5, 5.41) is 0.306. The summed E-state index contributed by atoms with van der Waals surface area (Å²) in [4.78, 5) is 25.8. The fraction of sp³-hybridized carbons (Fsp3) is 0.235. The smallest absolute Gasteiger partial charge is 0.289 e. The van der Waals surface area contributed by atoms with Crippen LogP contribution in [0, 0.1) is 12.7 Å². The fourth-order valence-electron chi connectivity index (χ4n) is 3.02. The van der Waals surface area contributed by atoms with E-state index in [0.717, 1.165) is 11.3 Å². The van der Waals surface area contributed by atoms with Gasteiger partial charge in [0.2, 0.25) is 0 Å². The molecule has 0 radical (unpaired) electrons. The first-order chi connectivity index (χ1) is 11.5. The molecule has 0 fully saturated rings. The van der Waals surface area contributed by atoms with Gasteiger partial charge in [0.1, 0.15) is 5.52 Å². The molecule has 0 unspecified atom stereocenters. The van der Waals surface area contributed by atoms with Crippen molar-refractivity contribution in [1.82, 2.24) is 19.9 Å². The molecule has 0 atom stereocenters. The molecule has 0 saturated heterocycles.